The Balaban J connectivity index is 1.35. The van der Waals surface area contributed by atoms with Crippen molar-refractivity contribution in [3.8, 4) is 5.75 Å². The van der Waals surface area contributed by atoms with Gasteiger partial charge >= 0.3 is 12.7 Å². The van der Waals surface area contributed by atoms with E-state index in [4.69, 9.17) is 16.3 Å². The van der Waals surface area contributed by atoms with E-state index in [1.54, 1.807) is 21.9 Å². The van der Waals surface area contributed by atoms with Crippen LogP contribution >= 0.6 is 11.6 Å². The number of alkyl halides is 2. The maximum Gasteiger partial charge on any atom is 0.410 e. The molecule has 2 amide bonds. The predicted octanol–water partition coefficient (Wildman–Crippen LogP) is 6.29. The van der Waals surface area contributed by atoms with Crippen molar-refractivity contribution in [1.82, 2.24) is 9.80 Å². The lowest BCUT2D eigenvalue weighted by Gasteiger charge is -2.33. The van der Waals surface area contributed by atoms with E-state index in [-0.39, 0.29) is 17.7 Å². The Morgan fingerprint density at radius 3 is 2.39 bits per heavy atom. The summed E-state index contributed by atoms with van der Waals surface area (Å²) in [5.74, 6) is 0.356. The van der Waals surface area contributed by atoms with E-state index >= 15 is 0 Å². The highest BCUT2D eigenvalue weighted by Gasteiger charge is 2.31. The molecule has 0 spiro atoms. The molecular formula is C27H31ClF2N2O4. The van der Waals surface area contributed by atoms with Gasteiger partial charge in [-0.25, -0.2) is 4.79 Å². The van der Waals surface area contributed by atoms with Crippen molar-refractivity contribution in [2.45, 2.75) is 65.3 Å². The van der Waals surface area contributed by atoms with Gasteiger partial charge in [-0.3, -0.25) is 4.79 Å². The molecule has 2 aliphatic heterocycles. The normalized spacial score (nSPS) is 16.5. The van der Waals surface area contributed by atoms with Crippen LogP contribution < -0.4 is 4.74 Å². The van der Waals surface area contributed by atoms with Crippen LogP contribution in [0.4, 0.5) is 13.6 Å². The maximum absolute atomic E-state index is 13.0. The first kappa shape index (κ1) is 26.2. The van der Waals surface area contributed by atoms with Crippen LogP contribution in [0.5, 0.6) is 5.75 Å². The van der Waals surface area contributed by atoms with Crippen molar-refractivity contribution in [3.05, 3.63) is 63.7 Å². The largest absolute Gasteiger partial charge is 0.444 e. The quantitative estimate of drug-likeness (QED) is 0.449. The molecule has 2 aromatic carbocycles. The fourth-order valence-electron chi connectivity index (χ4n) is 4.75. The average molecular weight is 521 g/mol. The summed E-state index contributed by atoms with van der Waals surface area (Å²) in [5, 5.41) is 0.446. The van der Waals surface area contributed by atoms with Crippen molar-refractivity contribution in [2.24, 2.45) is 5.92 Å². The lowest BCUT2D eigenvalue weighted by atomic mass is 9.89. The van der Waals surface area contributed by atoms with Crippen molar-refractivity contribution in [2.75, 3.05) is 13.1 Å². The van der Waals surface area contributed by atoms with E-state index in [0.717, 1.165) is 36.0 Å². The van der Waals surface area contributed by atoms with Gasteiger partial charge in [0.25, 0.3) is 5.91 Å². The summed E-state index contributed by atoms with van der Waals surface area (Å²) in [6.45, 7) is 4.82. The van der Waals surface area contributed by atoms with Gasteiger partial charge in [-0.1, -0.05) is 29.8 Å². The maximum atomic E-state index is 13.0. The second-order valence-electron chi connectivity index (χ2n) is 10.4. The number of fused-ring (bicyclic) bond motifs is 1. The molecular weight excluding hydrogens is 490 g/mol. The highest BCUT2D eigenvalue weighted by atomic mass is 35.5. The second kappa shape index (κ2) is 10.6. The molecule has 0 radical (unpaired) electrons. The Morgan fingerprint density at radius 1 is 1.11 bits per heavy atom. The molecule has 0 aromatic heterocycles. The van der Waals surface area contributed by atoms with Crippen molar-refractivity contribution in [1.29, 1.82) is 0 Å². The molecule has 0 atom stereocenters. The Labute approximate surface area is 215 Å². The third-order valence-electron chi connectivity index (χ3n) is 6.41. The number of hydrogen-bond acceptors (Lipinski definition) is 4. The summed E-state index contributed by atoms with van der Waals surface area (Å²) in [5.41, 5.74) is 2.81. The number of carbonyl (C=O) groups is 2. The summed E-state index contributed by atoms with van der Waals surface area (Å²) >= 11 is 6.55. The van der Waals surface area contributed by atoms with Crippen LogP contribution in [-0.2, 0) is 24.2 Å². The Kier molecular flexibility index (Phi) is 7.73. The summed E-state index contributed by atoms with van der Waals surface area (Å²) in [7, 11) is 0. The minimum atomic E-state index is -2.88. The molecule has 0 unspecified atom stereocenters. The number of rotatable bonds is 6. The van der Waals surface area contributed by atoms with Crippen LogP contribution in [-0.4, -0.2) is 47.1 Å². The smallest absolute Gasteiger partial charge is 0.410 e. The molecule has 0 bridgehead atoms. The van der Waals surface area contributed by atoms with Gasteiger partial charge in [0.1, 0.15) is 11.4 Å². The van der Waals surface area contributed by atoms with E-state index in [9.17, 15) is 18.4 Å². The van der Waals surface area contributed by atoms with Crippen LogP contribution in [0.3, 0.4) is 0 Å². The predicted molar refractivity (Wildman–Crippen MR) is 132 cm³/mol. The number of piperidine rings is 1. The molecule has 2 heterocycles. The first-order chi connectivity index (χ1) is 17.0. The number of carbonyl (C=O) groups excluding carboxylic acids is 2. The molecule has 36 heavy (non-hydrogen) atoms. The van der Waals surface area contributed by atoms with Crippen molar-refractivity contribution < 1.29 is 27.8 Å². The molecule has 6 nitrogen and oxygen atoms in total. The van der Waals surface area contributed by atoms with Gasteiger partial charge < -0.3 is 19.3 Å². The van der Waals surface area contributed by atoms with E-state index in [0.29, 0.717) is 42.7 Å². The Bertz CT molecular complexity index is 1110. The topological polar surface area (TPSA) is 59.1 Å². The highest BCUT2D eigenvalue weighted by Crippen LogP contribution is 2.33. The number of ether oxygens (including phenoxy) is 2. The van der Waals surface area contributed by atoms with Crippen molar-refractivity contribution in [3.63, 3.8) is 0 Å². The molecule has 9 heteroatoms. The lowest BCUT2D eigenvalue weighted by Crippen LogP contribution is -2.42. The summed E-state index contributed by atoms with van der Waals surface area (Å²) < 4.78 is 34.6. The fourth-order valence-corrected chi connectivity index (χ4v) is 5.09. The third-order valence-corrected chi connectivity index (χ3v) is 6.70. The molecule has 4 rings (SSSR count). The number of halogens is 3. The fraction of sp³-hybridized carbons (Fsp3) is 0.481. The molecule has 2 aliphatic rings. The van der Waals surface area contributed by atoms with E-state index in [1.165, 1.54) is 12.1 Å². The van der Waals surface area contributed by atoms with Gasteiger partial charge in [0.05, 0.1) is 10.6 Å². The van der Waals surface area contributed by atoms with Gasteiger partial charge in [-0.15, -0.1) is 0 Å². The molecule has 2 aromatic rings. The minimum Gasteiger partial charge on any atom is -0.444 e. The monoisotopic (exact) mass is 520 g/mol. The highest BCUT2D eigenvalue weighted by molar-refractivity contribution is 6.34. The molecule has 194 valence electrons. The van der Waals surface area contributed by atoms with E-state index in [1.807, 2.05) is 26.8 Å². The van der Waals surface area contributed by atoms with Crippen LogP contribution in [0.2, 0.25) is 5.02 Å². The molecule has 0 N–H and O–H groups in total. The van der Waals surface area contributed by atoms with Gasteiger partial charge in [-0.05, 0) is 80.8 Å². The van der Waals surface area contributed by atoms with Gasteiger partial charge in [0.15, 0.2) is 0 Å². The summed E-state index contributed by atoms with van der Waals surface area (Å²) in [4.78, 5) is 28.8. The first-order valence-electron chi connectivity index (χ1n) is 12.1. The lowest BCUT2D eigenvalue weighted by molar-refractivity contribution is -0.0498. The zero-order valence-electron chi connectivity index (χ0n) is 20.7. The van der Waals surface area contributed by atoms with E-state index in [2.05, 4.69) is 10.8 Å². The van der Waals surface area contributed by atoms with Crippen LogP contribution in [0, 0.1) is 5.92 Å². The molecule has 0 saturated carbocycles. The number of amides is 2. The van der Waals surface area contributed by atoms with Gasteiger partial charge in [0.2, 0.25) is 0 Å². The van der Waals surface area contributed by atoms with Crippen LogP contribution in [0.15, 0.2) is 36.4 Å². The summed E-state index contributed by atoms with van der Waals surface area (Å²) in [6.07, 6.45) is 2.32. The number of benzene rings is 2. The first-order valence-corrected chi connectivity index (χ1v) is 12.5. The number of hydrogen-bond donors (Lipinski definition) is 0. The SMILES string of the molecule is CC(C)(C)OC(=O)N1CCC(Cc2cc(Cl)c3c(c2)CN(Cc2ccc(OC(F)F)cc2)C3=O)CC1. The standard InChI is InChI=1S/C27H31ClF2N2O4/c1-27(2,3)36-26(34)31-10-8-17(9-11-31)12-19-13-20-16-32(24(33)23(20)22(28)14-19)15-18-4-6-21(7-5-18)35-25(29)30/h4-7,13-14,17,25H,8-12,15-16H2,1-3H3. The minimum absolute atomic E-state index is 0.0781. The molecule has 1 fully saturated rings. The zero-order chi connectivity index (χ0) is 26.0. The third kappa shape index (κ3) is 6.46. The number of likely N-dealkylation sites (tertiary alicyclic amines) is 1. The van der Waals surface area contributed by atoms with Crippen molar-refractivity contribution >= 4 is 23.6 Å². The summed E-state index contributed by atoms with van der Waals surface area (Å²) in [6, 6.07) is 10.2. The number of nitrogens with zero attached hydrogens (tertiary/aromatic N) is 2. The average Bonchev–Trinajstić information content (AvgIpc) is 3.09. The van der Waals surface area contributed by atoms with Crippen LogP contribution in [0.1, 0.15) is 60.7 Å². The molecule has 0 aliphatic carbocycles. The molecule has 1 saturated heterocycles. The van der Waals surface area contributed by atoms with Gasteiger partial charge in [-0.2, -0.15) is 8.78 Å². The zero-order valence-corrected chi connectivity index (χ0v) is 21.5. The van der Waals surface area contributed by atoms with Crippen LogP contribution in [0.25, 0.3) is 0 Å². The Hall–Kier alpha value is -2.87. The second-order valence-corrected chi connectivity index (χ2v) is 10.8. The van der Waals surface area contributed by atoms with Gasteiger partial charge in [0, 0.05) is 26.2 Å². The van der Waals surface area contributed by atoms with E-state index < -0.39 is 12.2 Å². The Morgan fingerprint density at radius 2 is 1.78 bits per heavy atom.